The minimum absolute atomic E-state index is 0.00563. The number of pyridine rings is 1. The predicted molar refractivity (Wildman–Crippen MR) is 97.2 cm³/mol. The molecular formula is C17H17Cl2N5O. The van der Waals surface area contributed by atoms with E-state index in [4.69, 9.17) is 23.2 Å². The Morgan fingerprint density at radius 2 is 1.92 bits per heavy atom. The maximum Gasteiger partial charge on any atom is 0.270 e. The zero-order chi connectivity index (χ0) is 17.4. The van der Waals surface area contributed by atoms with Gasteiger partial charge in [-0.3, -0.25) is 9.69 Å². The molecule has 0 aromatic carbocycles. The van der Waals surface area contributed by atoms with E-state index in [-0.39, 0.29) is 5.91 Å². The van der Waals surface area contributed by atoms with Gasteiger partial charge in [0, 0.05) is 51.3 Å². The first-order chi connectivity index (χ1) is 12.1. The number of imidazole rings is 1. The summed E-state index contributed by atoms with van der Waals surface area (Å²) >= 11 is 11.9. The number of aromatic amines is 1. The lowest BCUT2D eigenvalue weighted by Gasteiger charge is -2.34. The summed E-state index contributed by atoms with van der Waals surface area (Å²) < 4.78 is 1.94. The van der Waals surface area contributed by atoms with E-state index in [2.05, 4.69) is 14.9 Å². The van der Waals surface area contributed by atoms with E-state index in [1.807, 2.05) is 33.8 Å². The molecule has 0 saturated carbocycles. The highest BCUT2D eigenvalue weighted by Gasteiger charge is 2.23. The third-order valence-electron chi connectivity index (χ3n) is 4.39. The number of amides is 1. The second-order valence-corrected chi connectivity index (χ2v) is 7.02. The van der Waals surface area contributed by atoms with Gasteiger partial charge in [0.15, 0.2) is 0 Å². The van der Waals surface area contributed by atoms with E-state index < -0.39 is 0 Å². The fourth-order valence-corrected chi connectivity index (χ4v) is 3.43. The van der Waals surface area contributed by atoms with Gasteiger partial charge in [-0.15, -0.1) is 0 Å². The zero-order valence-corrected chi connectivity index (χ0v) is 15.0. The Morgan fingerprint density at radius 3 is 2.64 bits per heavy atom. The molecule has 6 nitrogen and oxygen atoms in total. The van der Waals surface area contributed by atoms with E-state index >= 15 is 0 Å². The van der Waals surface area contributed by atoms with Crippen molar-refractivity contribution in [2.45, 2.75) is 6.54 Å². The number of nitrogens with one attached hydrogen (secondary N) is 1. The topological polar surface area (TPSA) is 56.6 Å². The summed E-state index contributed by atoms with van der Waals surface area (Å²) in [6, 6.07) is 5.41. The average molecular weight is 378 g/mol. The van der Waals surface area contributed by atoms with Crippen molar-refractivity contribution in [1.29, 1.82) is 0 Å². The van der Waals surface area contributed by atoms with Crippen molar-refractivity contribution in [3.8, 4) is 0 Å². The molecule has 3 aromatic heterocycles. The van der Waals surface area contributed by atoms with Gasteiger partial charge in [0.2, 0.25) is 0 Å². The van der Waals surface area contributed by atoms with Crippen LogP contribution in [0.2, 0.25) is 10.0 Å². The van der Waals surface area contributed by atoms with Gasteiger partial charge in [-0.05, 0) is 18.2 Å². The highest BCUT2D eigenvalue weighted by Crippen LogP contribution is 2.16. The monoisotopic (exact) mass is 377 g/mol. The summed E-state index contributed by atoms with van der Waals surface area (Å²) in [7, 11) is 0. The van der Waals surface area contributed by atoms with Crippen LogP contribution < -0.4 is 0 Å². The van der Waals surface area contributed by atoms with Crippen LogP contribution in [0.25, 0.3) is 5.65 Å². The van der Waals surface area contributed by atoms with Crippen molar-refractivity contribution < 1.29 is 4.79 Å². The minimum Gasteiger partial charge on any atom is -0.356 e. The molecule has 1 aliphatic rings. The molecule has 0 spiro atoms. The predicted octanol–water partition coefficient (Wildman–Crippen LogP) is 2.93. The maximum atomic E-state index is 12.4. The normalized spacial score (nSPS) is 15.8. The second kappa shape index (κ2) is 6.71. The standard InChI is InChI=1S/C17H17Cl2N5O/c18-12-1-2-16-21-14(11-24(16)9-12)10-22-3-5-23(6-4-22)17(25)15-7-13(19)8-20-15/h1-2,7-9,11,20H,3-6,10H2. The third-order valence-corrected chi connectivity index (χ3v) is 4.83. The van der Waals surface area contributed by atoms with Crippen molar-refractivity contribution in [3.05, 3.63) is 58.2 Å². The minimum atomic E-state index is -0.00563. The molecule has 0 atom stereocenters. The number of nitrogens with zero attached hydrogens (tertiary/aromatic N) is 4. The van der Waals surface area contributed by atoms with E-state index in [0.29, 0.717) is 28.8 Å². The Morgan fingerprint density at radius 1 is 1.12 bits per heavy atom. The SMILES string of the molecule is O=C(c1cc(Cl)c[nH]1)N1CCN(Cc2cn3cc(Cl)ccc3n2)CC1. The quantitative estimate of drug-likeness (QED) is 0.763. The molecule has 4 heterocycles. The number of H-pyrrole nitrogens is 1. The molecule has 8 heteroatoms. The number of hydrogen-bond acceptors (Lipinski definition) is 3. The second-order valence-electron chi connectivity index (χ2n) is 6.14. The van der Waals surface area contributed by atoms with Crippen molar-refractivity contribution in [2.75, 3.05) is 26.2 Å². The Hall–Kier alpha value is -2.02. The van der Waals surface area contributed by atoms with Crippen LogP contribution in [0.4, 0.5) is 0 Å². The first kappa shape index (κ1) is 16.4. The number of halogens is 2. The molecule has 0 unspecified atom stereocenters. The summed E-state index contributed by atoms with van der Waals surface area (Å²) in [6.45, 7) is 3.77. The first-order valence-corrected chi connectivity index (χ1v) is 8.83. The van der Waals surface area contributed by atoms with Crippen LogP contribution in [0.3, 0.4) is 0 Å². The van der Waals surface area contributed by atoms with Gasteiger partial charge in [-0.2, -0.15) is 0 Å². The van der Waals surface area contributed by atoms with Gasteiger partial charge in [-0.25, -0.2) is 4.98 Å². The Bertz CT molecular complexity index is 911. The number of hydrogen-bond donors (Lipinski definition) is 1. The highest BCUT2D eigenvalue weighted by atomic mass is 35.5. The van der Waals surface area contributed by atoms with Crippen LogP contribution in [0.15, 0.2) is 36.8 Å². The number of rotatable bonds is 3. The third kappa shape index (κ3) is 3.51. The summed E-state index contributed by atoms with van der Waals surface area (Å²) in [5, 5.41) is 1.24. The van der Waals surface area contributed by atoms with Gasteiger partial charge in [0.05, 0.1) is 15.7 Å². The number of fused-ring (bicyclic) bond motifs is 1. The van der Waals surface area contributed by atoms with Gasteiger partial charge >= 0.3 is 0 Å². The molecule has 1 saturated heterocycles. The van der Waals surface area contributed by atoms with E-state index in [1.54, 1.807) is 12.3 Å². The molecule has 1 aliphatic heterocycles. The van der Waals surface area contributed by atoms with Crippen LogP contribution in [0, 0.1) is 0 Å². The smallest absolute Gasteiger partial charge is 0.270 e. The van der Waals surface area contributed by atoms with E-state index in [0.717, 1.165) is 31.0 Å². The summed E-state index contributed by atoms with van der Waals surface area (Å²) in [6.07, 6.45) is 5.48. The molecule has 0 radical (unpaired) electrons. The number of aromatic nitrogens is 3. The number of piperazine rings is 1. The maximum absolute atomic E-state index is 12.4. The van der Waals surface area contributed by atoms with Crippen molar-refractivity contribution in [3.63, 3.8) is 0 Å². The van der Waals surface area contributed by atoms with Crippen LogP contribution >= 0.6 is 23.2 Å². The zero-order valence-electron chi connectivity index (χ0n) is 13.5. The molecule has 0 aliphatic carbocycles. The summed E-state index contributed by atoms with van der Waals surface area (Å²) in [5.74, 6) is -0.00563. The Balaban J connectivity index is 1.37. The van der Waals surface area contributed by atoms with Crippen molar-refractivity contribution >= 4 is 34.8 Å². The molecule has 1 N–H and O–H groups in total. The lowest BCUT2D eigenvalue weighted by atomic mass is 10.2. The average Bonchev–Trinajstić information content (AvgIpc) is 3.20. The number of carbonyl (C=O) groups is 1. The van der Waals surface area contributed by atoms with Crippen molar-refractivity contribution in [2.24, 2.45) is 0 Å². The fourth-order valence-electron chi connectivity index (χ4n) is 3.09. The van der Waals surface area contributed by atoms with Crippen LogP contribution in [-0.2, 0) is 6.54 Å². The van der Waals surface area contributed by atoms with Crippen molar-refractivity contribution in [1.82, 2.24) is 24.2 Å². The lowest BCUT2D eigenvalue weighted by Crippen LogP contribution is -2.48. The van der Waals surface area contributed by atoms with E-state index in [9.17, 15) is 4.79 Å². The summed E-state index contributed by atoms with van der Waals surface area (Å²) in [4.78, 5) is 24.1. The Kier molecular flexibility index (Phi) is 4.41. The molecule has 1 amide bonds. The van der Waals surface area contributed by atoms with Gasteiger partial charge in [0.1, 0.15) is 11.3 Å². The van der Waals surface area contributed by atoms with Gasteiger partial charge in [-0.1, -0.05) is 23.2 Å². The summed E-state index contributed by atoms with van der Waals surface area (Å²) in [5.41, 5.74) is 2.42. The molecule has 4 rings (SSSR count). The Labute approximate surface area is 155 Å². The lowest BCUT2D eigenvalue weighted by molar-refractivity contribution is 0.0622. The number of carbonyl (C=O) groups excluding carboxylic acids is 1. The van der Waals surface area contributed by atoms with Crippen LogP contribution in [-0.4, -0.2) is 56.3 Å². The molecule has 25 heavy (non-hydrogen) atoms. The van der Waals surface area contributed by atoms with Gasteiger partial charge < -0.3 is 14.3 Å². The van der Waals surface area contributed by atoms with Gasteiger partial charge in [0.25, 0.3) is 5.91 Å². The molecular weight excluding hydrogens is 361 g/mol. The fraction of sp³-hybridized carbons (Fsp3) is 0.294. The van der Waals surface area contributed by atoms with Crippen LogP contribution in [0.1, 0.15) is 16.2 Å². The molecule has 130 valence electrons. The molecule has 3 aromatic rings. The largest absolute Gasteiger partial charge is 0.356 e. The molecule has 1 fully saturated rings. The van der Waals surface area contributed by atoms with Crippen LogP contribution in [0.5, 0.6) is 0 Å². The highest BCUT2D eigenvalue weighted by molar-refractivity contribution is 6.31. The molecule has 0 bridgehead atoms. The van der Waals surface area contributed by atoms with E-state index in [1.165, 1.54) is 0 Å². The first-order valence-electron chi connectivity index (χ1n) is 8.07.